The average molecular weight is 408 g/mol. The number of amides is 2. The lowest BCUT2D eigenvalue weighted by molar-refractivity contribution is -0.130. The first kappa shape index (κ1) is 20.2. The molecule has 2 saturated heterocycles. The van der Waals surface area contributed by atoms with Gasteiger partial charge in [-0.05, 0) is 23.8 Å². The van der Waals surface area contributed by atoms with Crippen molar-refractivity contribution in [2.45, 2.75) is 6.42 Å². The molecule has 3 N–H and O–H groups in total. The van der Waals surface area contributed by atoms with Crippen LogP contribution in [-0.2, 0) is 11.2 Å². The van der Waals surface area contributed by atoms with E-state index in [0.29, 0.717) is 30.8 Å². The molecular formula is C23H29N5O2. The van der Waals surface area contributed by atoms with Gasteiger partial charge in [0.2, 0.25) is 5.91 Å². The maximum atomic E-state index is 12.7. The molecule has 4 rings (SSSR count). The predicted octanol–water partition coefficient (Wildman–Crippen LogP) is 1.21. The Kier molecular flexibility index (Phi) is 6.18. The van der Waals surface area contributed by atoms with Crippen molar-refractivity contribution < 1.29 is 9.59 Å². The van der Waals surface area contributed by atoms with Crippen LogP contribution in [0.1, 0.15) is 15.9 Å². The van der Waals surface area contributed by atoms with E-state index in [4.69, 9.17) is 5.73 Å². The van der Waals surface area contributed by atoms with Crippen molar-refractivity contribution in [3.05, 3.63) is 59.7 Å². The number of anilines is 2. The molecule has 0 unspecified atom stereocenters. The van der Waals surface area contributed by atoms with Crippen molar-refractivity contribution in [2.24, 2.45) is 0 Å². The van der Waals surface area contributed by atoms with Gasteiger partial charge in [-0.3, -0.25) is 9.59 Å². The fourth-order valence-corrected chi connectivity index (χ4v) is 4.11. The van der Waals surface area contributed by atoms with Crippen molar-refractivity contribution in [2.75, 3.05) is 63.0 Å². The quantitative estimate of drug-likeness (QED) is 0.745. The molecule has 0 spiro atoms. The van der Waals surface area contributed by atoms with Crippen LogP contribution in [0.25, 0.3) is 0 Å². The van der Waals surface area contributed by atoms with Crippen LogP contribution >= 0.6 is 0 Å². The number of nitrogens with two attached hydrogens (primary N) is 1. The van der Waals surface area contributed by atoms with Crippen LogP contribution in [0.15, 0.2) is 48.5 Å². The number of nitrogen functional groups attached to an aromatic ring is 1. The lowest BCUT2D eigenvalue weighted by Crippen LogP contribution is -2.49. The van der Waals surface area contributed by atoms with Crippen LogP contribution in [-0.4, -0.2) is 74.0 Å². The van der Waals surface area contributed by atoms with E-state index in [1.54, 1.807) is 6.07 Å². The lowest BCUT2D eigenvalue weighted by atomic mass is 10.1. The molecule has 2 aliphatic rings. The summed E-state index contributed by atoms with van der Waals surface area (Å²) in [5.41, 5.74) is 9.53. The smallest absolute Gasteiger partial charge is 0.254 e. The third-order valence-electron chi connectivity index (χ3n) is 5.85. The molecule has 2 aromatic rings. The summed E-state index contributed by atoms with van der Waals surface area (Å²) in [6.07, 6.45) is 0.436. The van der Waals surface area contributed by atoms with Gasteiger partial charge in [-0.25, -0.2) is 0 Å². The van der Waals surface area contributed by atoms with E-state index in [1.165, 1.54) is 0 Å². The van der Waals surface area contributed by atoms with E-state index >= 15 is 0 Å². The first-order valence-corrected chi connectivity index (χ1v) is 10.6. The standard InChI is InChI=1S/C23H29N5O2/c24-20-17-19(23(30)28-10-8-25-9-11-28)6-7-21(20)26-12-14-27(15-13-26)22(29)16-18-4-2-1-3-5-18/h1-7,17,25H,8-16,24H2. The van der Waals surface area contributed by atoms with E-state index in [0.717, 1.165) is 50.5 Å². The highest BCUT2D eigenvalue weighted by molar-refractivity contribution is 5.96. The number of carbonyl (C=O) groups is 2. The highest BCUT2D eigenvalue weighted by atomic mass is 16.2. The molecule has 0 radical (unpaired) electrons. The zero-order chi connectivity index (χ0) is 20.9. The molecule has 158 valence electrons. The van der Waals surface area contributed by atoms with Gasteiger partial charge in [0.1, 0.15) is 0 Å². The van der Waals surface area contributed by atoms with Crippen molar-refractivity contribution >= 4 is 23.2 Å². The van der Waals surface area contributed by atoms with Crippen molar-refractivity contribution in [3.63, 3.8) is 0 Å². The highest BCUT2D eigenvalue weighted by Gasteiger charge is 2.24. The summed E-state index contributed by atoms with van der Waals surface area (Å²) in [6, 6.07) is 15.4. The minimum atomic E-state index is 0.0334. The number of nitrogens with one attached hydrogen (secondary N) is 1. The molecule has 0 aromatic heterocycles. The molecule has 0 atom stereocenters. The molecular weight excluding hydrogens is 378 g/mol. The Morgan fingerprint density at radius 3 is 2.23 bits per heavy atom. The Balaban J connectivity index is 1.35. The van der Waals surface area contributed by atoms with Gasteiger partial charge in [-0.1, -0.05) is 30.3 Å². The van der Waals surface area contributed by atoms with Crippen LogP contribution < -0.4 is 16.0 Å². The van der Waals surface area contributed by atoms with E-state index in [1.807, 2.05) is 52.3 Å². The molecule has 30 heavy (non-hydrogen) atoms. The van der Waals surface area contributed by atoms with Crippen LogP contribution in [0.5, 0.6) is 0 Å². The topological polar surface area (TPSA) is 81.9 Å². The Morgan fingerprint density at radius 1 is 0.867 bits per heavy atom. The zero-order valence-electron chi connectivity index (χ0n) is 17.2. The number of hydrogen-bond donors (Lipinski definition) is 2. The van der Waals surface area contributed by atoms with Gasteiger partial charge >= 0.3 is 0 Å². The number of nitrogens with zero attached hydrogens (tertiary/aromatic N) is 3. The van der Waals surface area contributed by atoms with E-state index in [9.17, 15) is 9.59 Å². The molecule has 7 nitrogen and oxygen atoms in total. The second-order valence-corrected chi connectivity index (χ2v) is 7.85. The SMILES string of the molecule is Nc1cc(C(=O)N2CCNCC2)ccc1N1CCN(C(=O)Cc2ccccc2)CC1. The number of rotatable bonds is 4. The Morgan fingerprint density at radius 2 is 1.57 bits per heavy atom. The number of carbonyl (C=O) groups excluding carboxylic acids is 2. The fraction of sp³-hybridized carbons (Fsp3) is 0.391. The van der Waals surface area contributed by atoms with E-state index in [-0.39, 0.29) is 11.8 Å². The van der Waals surface area contributed by atoms with Gasteiger partial charge in [-0.2, -0.15) is 0 Å². The maximum absolute atomic E-state index is 12.7. The van der Waals surface area contributed by atoms with Crippen LogP contribution in [0.3, 0.4) is 0 Å². The van der Waals surface area contributed by atoms with Gasteiger partial charge in [-0.15, -0.1) is 0 Å². The third kappa shape index (κ3) is 4.57. The molecule has 2 amide bonds. The van der Waals surface area contributed by atoms with Gasteiger partial charge < -0.3 is 25.8 Å². The molecule has 0 bridgehead atoms. The van der Waals surface area contributed by atoms with Crippen molar-refractivity contribution in [3.8, 4) is 0 Å². The molecule has 0 aliphatic carbocycles. The second kappa shape index (κ2) is 9.17. The summed E-state index contributed by atoms with van der Waals surface area (Å²) < 4.78 is 0. The van der Waals surface area contributed by atoms with E-state index < -0.39 is 0 Å². The molecule has 0 saturated carbocycles. The van der Waals surface area contributed by atoms with Gasteiger partial charge in [0, 0.05) is 57.9 Å². The fourth-order valence-electron chi connectivity index (χ4n) is 4.11. The number of hydrogen-bond acceptors (Lipinski definition) is 5. The molecule has 2 heterocycles. The van der Waals surface area contributed by atoms with Crippen molar-refractivity contribution in [1.82, 2.24) is 15.1 Å². The summed E-state index contributed by atoms with van der Waals surface area (Å²) in [6.45, 7) is 5.91. The minimum absolute atomic E-state index is 0.0334. The Labute approximate surface area is 177 Å². The van der Waals surface area contributed by atoms with Crippen LogP contribution in [0.2, 0.25) is 0 Å². The summed E-state index contributed by atoms with van der Waals surface area (Å²) >= 11 is 0. The Bertz CT molecular complexity index is 888. The molecule has 7 heteroatoms. The van der Waals surface area contributed by atoms with Gasteiger partial charge in [0.05, 0.1) is 17.8 Å². The monoisotopic (exact) mass is 407 g/mol. The predicted molar refractivity (Wildman–Crippen MR) is 119 cm³/mol. The Hall–Kier alpha value is -3.06. The first-order chi connectivity index (χ1) is 14.6. The third-order valence-corrected chi connectivity index (χ3v) is 5.85. The lowest BCUT2D eigenvalue weighted by Gasteiger charge is -2.37. The highest BCUT2D eigenvalue weighted by Crippen LogP contribution is 2.26. The largest absolute Gasteiger partial charge is 0.397 e. The van der Waals surface area contributed by atoms with Gasteiger partial charge in [0.15, 0.2) is 0 Å². The summed E-state index contributed by atoms with van der Waals surface area (Å²) in [7, 11) is 0. The average Bonchev–Trinajstić information content (AvgIpc) is 2.80. The summed E-state index contributed by atoms with van der Waals surface area (Å²) in [4.78, 5) is 31.3. The number of piperazine rings is 2. The molecule has 2 fully saturated rings. The molecule has 2 aliphatic heterocycles. The second-order valence-electron chi connectivity index (χ2n) is 7.85. The van der Waals surface area contributed by atoms with Crippen LogP contribution in [0.4, 0.5) is 11.4 Å². The number of benzene rings is 2. The van der Waals surface area contributed by atoms with E-state index in [2.05, 4.69) is 10.2 Å². The molecule has 2 aromatic carbocycles. The zero-order valence-corrected chi connectivity index (χ0v) is 17.2. The minimum Gasteiger partial charge on any atom is -0.397 e. The summed E-state index contributed by atoms with van der Waals surface area (Å²) in [5, 5.41) is 3.26. The van der Waals surface area contributed by atoms with Crippen LogP contribution in [0, 0.1) is 0 Å². The van der Waals surface area contributed by atoms with Gasteiger partial charge in [0.25, 0.3) is 5.91 Å². The summed E-state index contributed by atoms with van der Waals surface area (Å²) in [5.74, 6) is 0.192. The first-order valence-electron chi connectivity index (χ1n) is 10.6. The van der Waals surface area contributed by atoms with Crippen molar-refractivity contribution in [1.29, 1.82) is 0 Å². The maximum Gasteiger partial charge on any atom is 0.254 e. The normalized spacial score (nSPS) is 17.1.